The van der Waals surface area contributed by atoms with E-state index in [9.17, 15) is 0 Å². The number of hydrogen-bond donors (Lipinski definition) is 1. The fourth-order valence-electron chi connectivity index (χ4n) is 2.17. The molecule has 0 fully saturated rings. The zero-order valence-electron chi connectivity index (χ0n) is 12.6. The van der Waals surface area contributed by atoms with Crippen molar-refractivity contribution in [2.75, 3.05) is 11.9 Å². The van der Waals surface area contributed by atoms with Crippen molar-refractivity contribution < 1.29 is 0 Å². The van der Waals surface area contributed by atoms with Gasteiger partial charge in [-0.15, -0.1) is 0 Å². The molecule has 2 aromatic rings. The molecular weight excluding hydrogens is 246 g/mol. The molecule has 2 rings (SSSR count). The molecular formula is C17H23N3. The van der Waals surface area contributed by atoms with Crippen LogP contribution in [-0.4, -0.2) is 16.5 Å². The van der Waals surface area contributed by atoms with Gasteiger partial charge in [-0.1, -0.05) is 44.5 Å². The number of nitrogens with one attached hydrogen (secondary N) is 1. The molecule has 20 heavy (non-hydrogen) atoms. The Balaban J connectivity index is 2.37. The monoisotopic (exact) mass is 269 g/mol. The van der Waals surface area contributed by atoms with Crippen molar-refractivity contribution in [3.05, 3.63) is 41.6 Å². The highest BCUT2D eigenvalue weighted by atomic mass is 15.0. The average Bonchev–Trinajstić information content (AvgIpc) is 2.48. The Hall–Kier alpha value is -1.90. The van der Waals surface area contributed by atoms with Gasteiger partial charge in [0.25, 0.3) is 0 Å². The van der Waals surface area contributed by atoms with Crippen molar-refractivity contribution in [3.63, 3.8) is 0 Å². The molecule has 0 amide bonds. The van der Waals surface area contributed by atoms with E-state index in [-0.39, 0.29) is 0 Å². The molecule has 1 N–H and O–H groups in total. The van der Waals surface area contributed by atoms with Gasteiger partial charge in [0.05, 0.1) is 0 Å². The van der Waals surface area contributed by atoms with Crippen LogP contribution in [0.4, 0.5) is 5.82 Å². The fourth-order valence-corrected chi connectivity index (χ4v) is 2.17. The summed E-state index contributed by atoms with van der Waals surface area (Å²) in [4.78, 5) is 9.29. The van der Waals surface area contributed by atoms with Crippen LogP contribution in [0.5, 0.6) is 0 Å². The highest BCUT2D eigenvalue weighted by Gasteiger charge is 2.06. The molecule has 106 valence electrons. The predicted molar refractivity (Wildman–Crippen MR) is 85.0 cm³/mol. The smallest absolute Gasteiger partial charge is 0.161 e. The summed E-state index contributed by atoms with van der Waals surface area (Å²) < 4.78 is 0. The number of nitrogens with zero attached hydrogens (tertiary/aromatic N) is 2. The summed E-state index contributed by atoms with van der Waals surface area (Å²) in [6.07, 6.45) is 3.14. The number of aromatic nitrogens is 2. The first-order valence-corrected chi connectivity index (χ1v) is 7.48. The van der Waals surface area contributed by atoms with E-state index in [2.05, 4.69) is 66.4 Å². The molecule has 0 aliphatic rings. The van der Waals surface area contributed by atoms with Gasteiger partial charge in [-0.05, 0) is 25.3 Å². The molecule has 0 bridgehead atoms. The molecule has 0 radical (unpaired) electrons. The number of hydrogen-bond acceptors (Lipinski definition) is 3. The third kappa shape index (κ3) is 3.56. The summed E-state index contributed by atoms with van der Waals surface area (Å²) in [5.74, 6) is 1.73. The fraction of sp³-hybridized carbons (Fsp3) is 0.412. The molecule has 1 aromatic heterocycles. The lowest BCUT2D eigenvalue weighted by molar-refractivity contribution is 0.875. The quantitative estimate of drug-likeness (QED) is 0.858. The number of rotatable bonds is 6. The summed E-state index contributed by atoms with van der Waals surface area (Å²) in [5, 5.41) is 3.29. The number of anilines is 1. The Morgan fingerprint density at radius 3 is 2.35 bits per heavy atom. The second-order valence-corrected chi connectivity index (χ2v) is 4.90. The largest absolute Gasteiger partial charge is 0.370 e. The zero-order valence-corrected chi connectivity index (χ0v) is 12.6. The van der Waals surface area contributed by atoms with E-state index in [1.165, 1.54) is 5.56 Å². The first-order valence-electron chi connectivity index (χ1n) is 7.48. The molecule has 0 aliphatic carbocycles. The van der Waals surface area contributed by atoms with Crippen molar-refractivity contribution in [1.82, 2.24) is 9.97 Å². The van der Waals surface area contributed by atoms with Gasteiger partial charge in [-0.3, -0.25) is 0 Å². The molecule has 0 spiro atoms. The highest BCUT2D eigenvalue weighted by Crippen LogP contribution is 2.19. The van der Waals surface area contributed by atoms with Gasteiger partial charge in [-0.2, -0.15) is 0 Å². The molecule has 0 saturated heterocycles. The molecule has 0 aliphatic heterocycles. The van der Waals surface area contributed by atoms with Crippen molar-refractivity contribution >= 4 is 5.82 Å². The number of aryl methyl sites for hydroxylation is 2. The van der Waals surface area contributed by atoms with Crippen LogP contribution in [0, 0.1) is 0 Å². The van der Waals surface area contributed by atoms with Crippen molar-refractivity contribution in [1.29, 1.82) is 0 Å². The van der Waals surface area contributed by atoms with Crippen LogP contribution in [0.3, 0.4) is 0 Å². The molecule has 3 heteroatoms. The van der Waals surface area contributed by atoms with E-state index in [1.54, 1.807) is 0 Å². The Morgan fingerprint density at radius 2 is 1.75 bits per heavy atom. The van der Waals surface area contributed by atoms with E-state index < -0.39 is 0 Å². The van der Waals surface area contributed by atoms with Crippen LogP contribution in [0.1, 0.15) is 38.4 Å². The lowest BCUT2D eigenvalue weighted by Crippen LogP contribution is -2.04. The zero-order chi connectivity index (χ0) is 14.4. The van der Waals surface area contributed by atoms with E-state index in [0.717, 1.165) is 48.7 Å². The first-order chi connectivity index (χ1) is 9.76. The summed E-state index contributed by atoms with van der Waals surface area (Å²) in [7, 11) is 0. The van der Waals surface area contributed by atoms with Crippen molar-refractivity contribution in [2.45, 2.75) is 40.0 Å². The van der Waals surface area contributed by atoms with E-state index in [4.69, 9.17) is 0 Å². The van der Waals surface area contributed by atoms with E-state index in [1.807, 2.05) is 0 Å². The van der Waals surface area contributed by atoms with Gasteiger partial charge in [0, 0.05) is 23.9 Å². The minimum Gasteiger partial charge on any atom is -0.370 e. The summed E-state index contributed by atoms with van der Waals surface area (Å²) >= 11 is 0. The van der Waals surface area contributed by atoms with E-state index in [0.29, 0.717) is 0 Å². The predicted octanol–water partition coefficient (Wildman–Crippen LogP) is 4.09. The van der Waals surface area contributed by atoms with Crippen LogP contribution >= 0.6 is 0 Å². The lowest BCUT2D eigenvalue weighted by atomic mass is 10.1. The van der Waals surface area contributed by atoms with Crippen LogP contribution in [0.25, 0.3) is 11.4 Å². The maximum atomic E-state index is 4.68. The summed E-state index contributed by atoms with van der Waals surface area (Å²) in [6.45, 7) is 7.29. The van der Waals surface area contributed by atoms with Gasteiger partial charge in [-0.25, -0.2) is 9.97 Å². The molecule has 1 heterocycles. The van der Waals surface area contributed by atoms with Crippen molar-refractivity contribution in [2.24, 2.45) is 0 Å². The summed E-state index contributed by atoms with van der Waals surface area (Å²) in [5.41, 5.74) is 3.53. The second kappa shape index (κ2) is 7.04. The van der Waals surface area contributed by atoms with Gasteiger partial charge < -0.3 is 5.32 Å². The number of benzene rings is 1. The van der Waals surface area contributed by atoms with Gasteiger partial charge in [0.2, 0.25) is 0 Å². The van der Waals surface area contributed by atoms with Gasteiger partial charge >= 0.3 is 0 Å². The standard InChI is InChI=1S/C17H23N3/c1-4-7-15-12-16(18-6-3)20-17(19-15)14-10-8-13(5-2)9-11-14/h8-12H,4-7H2,1-3H3,(H,18,19,20). The average molecular weight is 269 g/mol. The molecule has 0 unspecified atom stereocenters. The van der Waals surface area contributed by atoms with Gasteiger partial charge in [0.1, 0.15) is 5.82 Å². The first kappa shape index (κ1) is 14.5. The third-order valence-electron chi connectivity index (χ3n) is 3.26. The second-order valence-electron chi connectivity index (χ2n) is 4.90. The van der Waals surface area contributed by atoms with Gasteiger partial charge in [0.15, 0.2) is 5.82 Å². The Kier molecular flexibility index (Phi) is 5.10. The highest BCUT2D eigenvalue weighted by molar-refractivity contribution is 5.58. The molecule has 1 aromatic carbocycles. The van der Waals surface area contributed by atoms with Crippen LogP contribution < -0.4 is 5.32 Å². The SMILES string of the molecule is CCCc1cc(NCC)nc(-c2ccc(CC)cc2)n1. The van der Waals surface area contributed by atoms with Crippen LogP contribution in [-0.2, 0) is 12.8 Å². The van der Waals surface area contributed by atoms with Crippen molar-refractivity contribution in [3.8, 4) is 11.4 Å². The molecule has 0 saturated carbocycles. The summed E-state index contributed by atoms with van der Waals surface area (Å²) in [6, 6.07) is 10.6. The third-order valence-corrected chi connectivity index (χ3v) is 3.26. The Morgan fingerprint density at radius 1 is 1.00 bits per heavy atom. The van der Waals surface area contributed by atoms with Crippen LogP contribution in [0.15, 0.2) is 30.3 Å². The Bertz CT molecular complexity index is 522. The minimum absolute atomic E-state index is 0.814. The maximum Gasteiger partial charge on any atom is 0.161 e. The lowest BCUT2D eigenvalue weighted by Gasteiger charge is -2.09. The van der Waals surface area contributed by atoms with E-state index >= 15 is 0 Å². The van der Waals surface area contributed by atoms with Crippen LogP contribution in [0.2, 0.25) is 0 Å². The topological polar surface area (TPSA) is 37.8 Å². The Labute approximate surface area is 121 Å². The minimum atomic E-state index is 0.814. The maximum absolute atomic E-state index is 4.68. The molecule has 3 nitrogen and oxygen atoms in total. The normalized spacial score (nSPS) is 10.6. The molecule has 0 atom stereocenters.